The zero-order chi connectivity index (χ0) is 12.0. The van der Waals surface area contributed by atoms with Gasteiger partial charge in [-0.3, -0.25) is 10.2 Å². The number of hydrogen-bond donors (Lipinski definition) is 2. The second-order valence-electron chi connectivity index (χ2n) is 2.52. The average Bonchev–Trinajstić information content (AvgIpc) is 2.93. The first-order chi connectivity index (χ1) is 7.61. The zero-order valence-electron chi connectivity index (χ0n) is 9.84. The fourth-order valence-electron chi connectivity index (χ4n) is 0.739. The summed E-state index contributed by atoms with van der Waals surface area (Å²) in [7, 11) is 0. The summed E-state index contributed by atoms with van der Waals surface area (Å²) < 4.78 is 0. The minimum atomic E-state index is -1.23. The van der Waals surface area contributed by atoms with Crippen molar-refractivity contribution in [2.75, 3.05) is 0 Å². The SMILES string of the molecule is O=C([O-])c1ccn[nH]1.O=C([O-])c1ccn[nH]1.[Na+].[Na+]. The van der Waals surface area contributed by atoms with E-state index in [1.165, 1.54) is 24.5 Å². The second-order valence-corrected chi connectivity index (χ2v) is 2.52. The molecule has 2 aromatic heterocycles. The molecule has 2 N–H and O–H groups in total. The van der Waals surface area contributed by atoms with Gasteiger partial charge in [-0.1, -0.05) is 0 Å². The van der Waals surface area contributed by atoms with Gasteiger partial charge in [-0.2, -0.15) is 10.2 Å². The molecule has 0 aliphatic carbocycles. The molecular formula is C8H6N4Na2O4. The summed E-state index contributed by atoms with van der Waals surface area (Å²) in [6.07, 6.45) is 2.70. The molecule has 2 heterocycles. The van der Waals surface area contributed by atoms with Gasteiger partial charge in [0.25, 0.3) is 0 Å². The second kappa shape index (κ2) is 10.3. The van der Waals surface area contributed by atoms with Crippen LogP contribution in [-0.2, 0) is 0 Å². The minimum absolute atomic E-state index is 0. The van der Waals surface area contributed by atoms with E-state index in [2.05, 4.69) is 20.4 Å². The molecule has 0 aliphatic heterocycles. The average molecular weight is 268 g/mol. The van der Waals surface area contributed by atoms with Crippen LogP contribution in [0.3, 0.4) is 0 Å². The van der Waals surface area contributed by atoms with Crippen molar-refractivity contribution in [1.29, 1.82) is 0 Å². The molecule has 18 heavy (non-hydrogen) atoms. The van der Waals surface area contributed by atoms with Gasteiger partial charge in [0, 0.05) is 12.4 Å². The molecule has 0 saturated carbocycles. The van der Waals surface area contributed by atoms with Gasteiger partial charge in [-0.25, -0.2) is 0 Å². The number of H-pyrrole nitrogens is 2. The summed E-state index contributed by atoms with van der Waals surface area (Å²) in [5.74, 6) is -2.47. The Morgan fingerprint density at radius 1 is 0.889 bits per heavy atom. The Morgan fingerprint density at radius 2 is 1.22 bits per heavy atom. The molecule has 2 aromatic rings. The molecule has 0 aromatic carbocycles. The standard InChI is InChI=1S/2C4H4N2O2.2Na/c2*7-4(8)3-1-2-5-6-3;;/h2*1-2H,(H,5,6)(H,7,8);;/q;;2*+1/p-2. The van der Waals surface area contributed by atoms with Crippen molar-refractivity contribution in [1.82, 2.24) is 20.4 Å². The smallest absolute Gasteiger partial charge is 0.543 e. The molecule has 0 fully saturated rings. The Hall–Kier alpha value is -0.640. The van der Waals surface area contributed by atoms with Gasteiger partial charge in [0.1, 0.15) is 0 Å². The Labute approximate surface area is 146 Å². The molecule has 2 rings (SSSR count). The van der Waals surface area contributed by atoms with Gasteiger partial charge in [0.15, 0.2) is 0 Å². The first-order valence-corrected chi connectivity index (χ1v) is 4.02. The first kappa shape index (κ1) is 19.7. The number of rotatable bonds is 2. The van der Waals surface area contributed by atoms with Crippen molar-refractivity contribution >= 4 is 11.9 Å². The molecule has 0 atom stereocenters. The fourth-order valence-corrected chi connectivity index (χ4v) is 0.739. The molecule has 0 amide bonds. The first-order valence-electron chi connectivity index (χ1n) is 4.02. The van der Waals surface area contributed by atoms with Crippen LogP contribution in [0.5, 0.6) is 0 Å². The van der Waals surface area contributed by atoms with Crippen LogP contribution >= 0.6 is 0 Å². The molecule has 0 saturated heterocycles. The molecule has 0 radical (unpaired) electrons. The van der Waals surface area contributed by atoms with Crippen LogP contribution in [0.15, 0.2) is 24.5 Å². The Morgan fingerprint density at radius 3 is 1.33 bits per heavy atom. The van der Waals surface area contributed by atoms with E-state index in [0.29, 0.717) is 0 Å². The maximum atomic E-state index is 9.88. The maximum absolute atomic E-state index is 9.88. The van der Waals surface area contributed by atoms with Crippen LogP contribution in [0.25, 0.3) is 0 Å². The van der Waals surface area contributed by atoms with Crippen LogP contribution in [0.1, 0.15) is 21.0 Å². The number of nitrogens with zero attached hydrogens (tertiary/aromatic N) is 2. The summed E-state index contributed by atoms with van der Waals surface area (Å²) >= 11 is 0. The summed E-state index contributed by atoms with van der Waals surface area (Å²) in [4.78, 5) is 19.8. The number of carbonyl (C=O) groups excluding carboxylic acids is 2. The van der Waals surface area contributed by atoms with Crippen molar-refractivity contribution in [3.8, 4) is 0 Å². The predicted octanol–water partition coefficient (Wildman–Crippen LogP) is -8.45. The Balaban J connectivity index is 0. The molecule has 0 spiro atoms. The summed E-state index contributed by atoms with van der Waals surface area (Å²) in [5.41, 5.74) is 0.00926. The van der Waals surface area contributed by atoms with Gasteiger partial charge >= 0.3 is 59.1 Å². The van der Waals surface area contributed by atoms with E-state index >= 15 is 0 Å². The van der Waals surface area contributed by atoms with Crippen LogP contribution in [0.2, 0.25) is 0 Å². The van der Waals surface area contributed by atoms with Crippen molar-refractivity contribution in [3.05, 3.63) is 35.9 Å². The van der Waals surface area contributed by atoms with Crippen LogP contribution in [0, 0.1) is 0 Å². The van der Waals surface area contributed by atoms with E-state index < -0.39 is 11.9 Å². The van der Waals surface area contributed by atoms with Gasteiger partial charge in [0.05, 0.1) is 23.3 Å². The van der Waals surface area contributed by atoms with E-state index in [-0.39, 0.29) is 70.5 Å². The molecule has 0 unspecified atom stereocenters. The number of carbonyl (C=O) groups is 2. The van der Waals surface area contributed by atoms with E-state index in [4.69, 9.17) is 0 Å². The van der Waals surface area contributed by atoms with Crippen LogP contribution in [0.4, 0.5) is 0 Å². The van der Waals surface area contributed by atoms with E-state index in [0.717, 1.165) is 0 Å². The van der Waals surface area contributed by atoms with Crippen LogP contribution in [-0.4, -0.2) is 32.3 Å². The van der Waals surface area contributed by atoms with Gasteiger partial charge in [0.2, 0.25) is 0 Å². The number of nitrogens with one attached hydrogen (secondary N) is 2. The van der Waals surface area contributed by atoms with Gasteiger partial charge < -0.3 is 19.8 Å². The molecule has 0 bridgehead atoms. The molecule has 8 nitrogen and oxygen atoms in total. The van der Waals surface area contributed by atoms with E-state index in [1.807, 2.05) is 0 Å². The Bertz CT molecular complexity index is 413. The zero-order valence-corrected chi connectivity index (χ0v) is 13.8. The number of carboxylic acid groups (broad SMARTS) is 2. The monoisotopic (exact) mass is 268 g/mol. The fraction of sp³-hybridized carbons (Fsp3) is 0. The minimum Gasteiger partial charge on any atom is -0.543 e. The van der Waals surface area contributed by atoms with Crippen molar-refractivity contribution < 1.29 is 78.9 Å². The molecule has 0 aliphatic rings. The third kappa shape index (κ3) is 6.94. The van der Waals surface area contributed by atoms with Crippen LogP contribution < -0.4 is 69.3 Å². The number of aromatic nitrogens is 4. The third-order valence-corrected chi connectivity index (χ3v) is 1.44. The van der Waals surface area contributed by atoms with Gasteiger partial charge in [-0.15, -0.1) is 0 Å². The quantitative estimate of drug-likeness (QED) is 0.519. The number of aromatic amines is 2. The summed E-state index contributed by atoms with van der Waals surface area (Å²) in [6, 6.07) is 2.66. The van der Waals surface area contributed by atoms with E-state index in [1.54, 1.807) is 0 Å². The number of aromatic carboxylic acids is 2. The van der Waals surface area contributed by atoms with Gasteiger partial charge in [-0.05, 0) is 12.1 Å². The summed E-state index contributed by atoms with van der Waals surface area (Å²) in [5, 5.41) is 31.0. The molecule has 84 valence electrons. The van der Waals surface area contributed by atoms with E-state index in [9.17, 15) is 19.8 Å². The topological polar surface area (TPSA) is 138 Å². The normalized spacial score (nSPS) is 8.00. The van der Waals surface area contributed by atoms with Crippen molar-refractivity contribution in [2.24, 2.45) is 0 Å². The maximum Gasteiger partial charge on any atom is 1.00 e. The Kier molecular flexibility index (Phi) is 11.3. The molecule has 10 heteroatoms. The number of hydrogen-bond acceptors (Lipinski definition) is 6. The third-order valence-electron chi connectivity index (χ3n) is 1.44. The largest absolute Gasteiger partial charge is 1.00 e. The van der Waals surface area contributed by atoms with Crippen molar-refractivity contribution in [2.45, 2.75) is 0 Å². The predicted molar refractivity (Wildman–Crippen MR) is 45.8 cm³/mol. The summed E-state index contributed by atoms with van der Waals surface area (Å²) in [6.45, 7) is 0. The molecular weight excluding hydrogens is 262 g/mol. The van der Waals surface area contributed by atoms with Crippen molar-refractivity contribution in [3.63, 3.8) is 0 Å². The number of carboxylic acids is 2.